The second-order valence-corrected chi connectivity index (χ2v) is 2.75. The van der Waals surface area contributed by atoms with Gasteiger partial charge in [-0.25, -0.2) is 0 Å². The Morgan fingerprint density at radius 1 is 1.14 bits per heavy atom. The number of Topliss-reactive ketones (excluding diaryl/α,β-unsaturated/α-hetero) is 1. The van der Waals surface area contributed by atoms with Gasteiger partial charge in [0.1, 0.15) is 0 Å². The topological polar surface area (TPSA) is 52.1 Å². The Morgan fingerprint density at radius 3 is 2.14 bits per heavy atom. The number of carbonyl (C=O) groups excluding carboxylic acids is 1. The van der Waals surface area contributed by atoms with Gasteiger partial charge < -0.3 is 6.15 Å². The number of allylic oxidation sites excluding steroid dienone is 1. The summed E-state index contributed by atoms with van der Waals surface area (Å²) in [6.45, 7) is 7.83. The number of benzene rings is 1. The van der Waals surface area contributed by atoms with E-state index in [0.29, 0.717) is 6.42 Å². The summed E-state index contributed by atoms with van der Waals surface area (Å²) in [7, 11) is 0. The minimum Gasteiger partial charge on any atom is -0.344 e. The monoisotopic (exact) mass is 191 g/mol. The van der Waals surface area contributed by atoms with E-state index in [1.165, 1.54) is 0 Å². The molecular weight excluding hydrogens is 174 g/mol. The third kappa shape index (κ3) is 2.09. The lowest BCUT2D eigenvalue weighted by molar-refractivity contribution is 0.100. The van der Waals surface area contributed by atoms with E-state index in [1.807, 2.05) is 38.1 Å². The average Bonchev–Trinajstić information content (AvgIpc) is 2.47. The van der Waals surface area contributed by atoms with Gasteiger partial charge in [-0.3, -0.25) is 4.79 Å². The molecule has 0 heterocycles. The first-order valence-electron chi connectivity index (χ1n) is 4.59. The number of fused-ring (bicyclic) bond motifs is 1. The van der Waals surface area contributed by atoms with E-state index < -0.39 is 0 Å². The van der Waals surface area contributed by atoms with Crippen molar-refractivity contribution in [2.24, 2.45) is 0 Å². The van der Waals surface area contributed by atoms with Crippen LogP contribution in [0.15, 0.2) is 30.8 Å². The minimum absolute atomic E-state index is 0. The van der Waals surface area contributed by atoms with Gasteiger partial charge in [-0.1, -0.05) is 44.7 Å². The van der Waals surface area contributed by atoms with Crippen LogP contribution in [0.25, 0.3) is 5.57 Å². The number of hydrogen-bond donors (Lipinski definition) is 1. The van der Waals surface area contributed by atoms with E-state index in [2.05, 4.69) is 6.58 Å². The third-order valence-electron chi connectivity index (χ3n) is 1.98. The molecule has 2 heteroatoms. The molecule has 1 aromatic rings. The number of ketones is 1. The van der Waals surface area contributed by atoms with Gasteiger partial charge in [-0.2, -0.15) is 0 Å². The molecule has 0 amide bonds. The third-order valence-corrected chi connectivity index (χ3v) is 1.98. The van der Waals surface area contributed by atoms with Gasteiger partial charge in [-0.15, -0.1) is 0 Å². The zero-order valence-corrected chi connectivity index (χ0v) is 8.84. The second kappa shape index (κ2) is 5.35. The molecule has 0 bridgehead atoms. The van der Waals surface area contributed by atoms with Crippen molar-refractivity contribution in [2.45, 2.75) is 20.3 Å². The molecule has 3 N–H and O–H groups in total. The van der Waals surface area contributed by atoms with Crippen molar-refractivity contribution in [3.63, 3.8) is 0 Å². The van der Waals surface area contributed by atoms with Crippen LogP contribution >= 0.6 is 0 Å². The SMILES string of the molecule is C=C1CC(=O)c2ccccc21.CC.N. The van der Waals surface area contributed by atoms with Gasteiger partial charge >= 0.3 is 0 Å². The number of hydrogen-bond acceptors (Lipinski definition) is 2. The van der Waals surface area contributed by atoms with Crippen molar-refractivity contribution in [2.75, 3.05) is 0 Å². The lowest BCUT2D eigenvalue weighted by Crippen LogP contribution is -1.88. The molecule has 0 spiro atoms. The zero-order chi connectivity index (χ0) is 9.84. The highest BCUT2D eigenvalue weighted by atomic mass is 16.1. The molecule has 1 aliphatic rings. The smallest absolute Gasteiger partial charge is 0.167 e. The fraction of sp³-hybridized carbons (Fsp3) is 0.250. The van der Waals surface area contributed by atoms with E-state index in [-0.39, 0.29) is 11.9 Å². The summed E-state index contributed by atoms with van der Waals surface area (Å²) in [6.07, 6.45) is 0.499. The van der Waals surface area contributed by atoms with E-state index in [4.69, 9.17) is 0 Å². The lowest BCUT2D eigenvalue weighted by Gasteiger charge is -1.94. The highest BCUT2D eigenvalue weighted by Crippen LogP contribution is 2.29. The van der Waals surface area contributed by atoms with E-state index >= 15 is 0 Å². The molecule has 0 radical (unpaired) electrons. The minimum atomic E-state index is 0. The molecular formula is C12H17NO. The molecule has 0 unspecified atom stereocenters. The van der Waals surface area contributed by atoms with Gasteiger partial charge in [0, 0.05) is 12.0 Å². The molecule has 0 aromatic heterocycles. The summed E-state index contributed by atoms with van der Waals surface area (Å²) in [6, 6.07) is 7.62. The van der Waals surface area contributed by atoms with Gasteiger partial charge in [0.2, 0.25) is 0 Å². The van der Waals surface area contributed by atoms with Crippen molar-refractivity contribution >= 4 is 11.4 Å². The molecule has 0 atom stereocenters. The predicted molar refractivity (Wildman–Crippen MR) is 60.8 cm³/mol. The predicted octanol–water partition coefficient (Wildman–Crippen LogP) is 3.47. The Hall–Kier alpha value is -1.41. The molecule has 2 nitrogen and oxygen atoms in total. The van der Waals surface area contributed by atoms with Gasteiger partial charge in [0.05, 0.1) is 0 Å². The highest BCUT2D eigenvalue weighted by Gasteiger charge is 2.21. The van der Waals surface area contributed by atoms with Crippen LogP contribution in [0.5, 0.6) is 0 Å². The molecule has 0 fully saturated rings. The summed E-state index contributed by atoms with van der Waals surface area (Å²) in [5.41, 5.74) is 2.81. The fourth-order valence-corrected chi connectivity index (χ4v) is 1.42. The summed E-state index contributed by atoms with van der Waals surface area (Å²) in [4.78, 5) is 11.2. The number of rotatable bonds is 0. The maximum atomic E-state index is 11.2. The summed E-state index contributed by atoms with van der Waals surface area (Å²) >= 11 is 0. The van der Waals surface area contributed by atoms with Crippen molar-refractivity contribution < 1.29 is 4.79 Å². The average molecular weight is 191 g/mol. The molecule has 0 saturated heterocycles. The van der Waals surface area contributed by atoms with Crippen LogP contribution < -0.4 is 6.15 Å². The maximum Gasteiger partial charge on any atom is 0.167 e. The molecule has 76 valence electrons. The molecule has 1 aliphatic carbocycles. The van der Waals surface area contributed by atoms with Crippen LogP contribution in [-0.2, 0) is 0 Å². The Morgan fingerprint density at radius 2 is 1.64 bits per heavy atom. The molecule has 0 aliphatic heterocycles. The van der Waals surface area contributed by atoms with Crippen LogP contribution in [0.1, 0.15) is 36.2 Å². The van der Waals surface area contributed by atoms with Gasteiger partial charge in [0.15, 0.2) is 5.78 Å². The standard InChI is InChI=1S/C10H8O.C2H6.H3N/c1-7-6-10(11)9-5-3-2-4-8(7)9;1-2;/h2-5H,1,6H2;1-2H3;1H3. The van der Waals surface area contributed by atoms with E-state index in [0.717, 1.165) is 16.7 Å². The Labute approximate surface area is 85.2 Å². The largest absolute Gasteiger partial charge is 0.344 e. The first-order chi connectivity index (χ1) is 6.29. The summed E-state index contributed by atoms with van der Waals surface area (Å²) in [5, 5.41) is 0. The van der Waals surface area contributed by atoms with Crippen molar-refractivity contribution in [3.05, 3.63) is 42.0 Å². The Balaban J connectivity index is 0.000000531. The van der Waals surface area contributed by atoms with Crippen molar-refractivity contribution in [1.82, 2.24) is 6.15 Å². The summed E-state index contributed by atoms with van der Waals surface area (Å²) in [5.74, 6) is 0.200. The molecule has 2 rings (SSSR count). The molecule has 1 aromatic carbocycles. The zero-order valence-electron chi connectivity index (χ0n) is 8.84. The fourth-order valence-electron chi connectivity index (χ4n) is 1.42. The molecule has 0 saturated carbocycles. The van der Waals surface area contributed by atoms with Crippen LogP contribution in [0.3, 0.4) is 0 Å². The first-order valence-corrected chi connectivity index (χ1v) is 4.59. The van der Waals surface area contributed by atoms with Crippen LogP contribution in [0.2, 0.25) is 0 Å². The highest BCUT2D eigenvalue weighted by molar-refractivity contribution is 6.11. The van der Waals surface area contributed by atoms with Crippen molar-refractivity contribution in [3.8, 4) is 0 Å². The van der Waals surface area contributed by atoms with Crippen LogP contribution in [-0.4, -0.2) is 5.78 Å². The maximum absolute atomic E-state index is 11.2. The lowest BCUT2D eigenvalue weighted by atomic mass is 10.1. The number of carbonyl (C=O) groups is 1. The normalized spacial score (nSPS) is 12.4. The Bertz CT molecular complexity index is 309. The second-order valence-electron chi connectivity index (χ2n) is 2.75. The van der Waals surface area contributed by atoms with Crippen molar-refractivity contribution in [1.29, 1.82) is 0 Å². The van der Waals surface area contributed by atoms with Crippen LogP contribution in [0, 0.1) is 0 Å². The van der Waals surface area contributed by atoms with Gasteiger partial charge in [-0.05, 0) is 11.1 Å². The van der Waals surface area contributed by atoms with Crippen LogP contribution in [0.4, 0.5) is 0 Å². The quantitative estimate of drug-likeness (QED) is 0.682. The summed E-state index contributed by atoms with van der Waals surface area (Å²) < 4.78 is 0. The van der Waals surface area contributed by atoms with E-state index in [1.54, 1.807) is 0 Å². The Kier molecular flexibility index (Phi) is 4.81. The molecule has 14 heavy (non-hydrogen) atoms. The van der Waals surface area contributed by atoms with Gasteiger partial charge in [0.25, 0.3) is 0 Å². The first kappa shape index (κ1) is 12.6. The van der Waals surface area contributed by atoms with E-state index in [9.17, 15) is 4.79 Å².